The fourth-order valence-corrected chi connectivity index (χ4v) is 1.96. The second-order valence-electron chi connectivity index (χ2n) is 4.32. The van der Waals surface area contributed by atoms with Gasteiger partial charge in [-0.2, -0.15) is 0 Å². The van der Waals surface area contributed by atoms with Gasteiger partial charge < -0.3 is 20.1 Å². The third-order valence-electron chi connectivity index (χ3n) is 2.88. The molecule has 0 heterocycles. The van der Waals surface area contributed by atoms with E-state index in [0.717, 1.165) is 11.3 Å². The van der Waals surface area contributed by atoms with Gasteiger partial charge in [0.2, 0.25) is 5.91 Å². The molecule has 0 aliphatic rings. The first-order valence-corrected chi connectivity index (χ1v) is 6.23. The Bertz CT molecular complexity index is 398. The Labute approximate surface area is 126 Å². The Morgan fingerprint density at radius 3 is 2.30 bits per heavy atom. The summed E-state index contributed by atoms with van der Waals surface area (Å²) >= 11 is 0. The second kappa shape index (κ2) is 9.58. The highest BCUT2D eigenvalue weighted by Crippen LogP contribution is 2.23. The maximum absolute atomic E-state index is 11.6. The topological polar surface area (TPSA) is 59.6 Å². The first kappa shape index (κ1) is 18.7. The van der Waals surface area contributed by atoms with E-state index in [2.05, 4.69) is 10.6 Å². The van der Waals surface area contributed by atoms with Gasteiger partial charge in [0, 0.05) is 7.11 Å². The molecule has 0 fully saturated rings. The number of carbonyl (C=O) groups excluding carboxylic acids is 1. The summed E-state index contributed by atoms with van der Waals surface area (Å²) in [7, 11) is 5.00. The summed E-state index contributed by atoms with van der Waals surface area (Å²) < 4.78 is 10.6. The van der Waals surface area contributed by atoms with Gasteiger partial charge in [0.25, 0.3) is 0 Å². The summed E-state index contributed by atoms with van der Waals surface area (Å²) in [5.74, 6) is 0.746. The number of hydrogen-bond donors (Lipinski definition) is 2. The molecule has 0 saturated heterocycles. The predicted octanol–water partition coefficient (Wildman–Crippen LogP) is 1.53. The number of benzene rings is 1. The molecule has 0 radical (unpaired) electrons. The van der Waals surface area contributed by atoms with Crippen molar-refractivity contribution >= 4 is 18.3 Å². The Morgan fingerprint density at radius 2 is 1.85 bits per heavy atom. The number of rotatable bonds is 7. The van der Waals surface area contributed by atoms with Crippen molar-refractivity contribution in [1.29, 1.82) is 0 Å². The SMILES string of the molecule is CNCC(=O)NC(C)C(OC)c1ccc(OC)cc1.Cl. The average Bonchev–Trinajstić information content (AvgIpc) is 2.40. The van der Waals surface area contributed by atoms with Crippen LogP contribution in [0.2, 0.25) is 0 Å². The van der Waals surface area contributed by atoms with Crippen molar-refractivity contribution in [1.82, 2.24) is 10.6 Å². The number of methoxy groups -OCH3 is 2. The number of nitrogens with one attached hydrogen (secondary N) is 2. The van der Waals surface area contributed by atoms with Crippen molar-refractivity contribution in [3.63, 3.8) is 0 Å². The standard InChI is InChI=1S/C14H22N2O3.ClH/c1-10(16-13(17)9-15-2)14(19-4)11-5-7-12(18-3)8-6-11;/h5-8,10,14-15H,9H2,1-4H3,(H,16,17);1H. The monoisotopic (exact) mass is 302 g/mol. The van der Waals surface area contributed by atoms with Crippen LogP contribution in [0.4, 0.5) is 0 Å². The number of likely N-dealkylation sites (N-methyl/N-ethyl adjacent to an activating group) is 1. The van der Waals surface area contributed by atoms with Crippen LogP contribution in [0.3, 0.4) is 0 Å². The lowest BCUT2D eigenvalue weighted by molar-refractivity contribution is -0.121. The lowest BCUT2D eigenvalue weighted by Crippen LogP contribution is -2.41. The maximum atomic E-state index is 11.6. The minimum Gasteiger partial charge on any atom is -0.497 e. The third kappa shape index (κ3) is 5.36. The van der Waals surface area contributed by atoms with Crippen LogP contribution in [0.25, 0.3) is 0 Å². The molecule has 0 aromatic heterocycles. The largest absolute Gasteiger partial charge is 0.497 e. The molecule has 0 bridgehead atoms. The Balaban J connectivity index is 0.00000361. The number of hydrogen-bond acceptors (Lipinski definition) is 4. The summed E-state index contributed by atoms with van der Waals surface area (Å²) in [6, 6.07) is 7.52. The van der Waals surface area contributed by atoms with E-state index in [9.17, 15) is 4.79 Å². The minimum atomic E-state index is -0.188. The van der Waals surface area contributed by atoms with E-state index in [0.29, 0.717) is 6.54 Å². The minimum absolute atomic E-state index is 0. The van der Waals surface area contributed by atoms with E-state index in [-0.39, 0.29) is 30.5 Å². The molecule has 0 aliphatic heterocycles. The number of ether oxygens (including phenoxy) is 2. The van der Waals surface area contributed by atoms with Crippen molar-refractivity contribution < 1.29 is 14.3 Å². The molecule has 1 aromatic carbocycles. The van der Waals surface area contributed by atoms with Gasteiger partial charge in [-0.1, -0.05) is 12.1 Å². The van der Waals surface area contributed by atoms with Crippen LogP contribution in [0.5, 0.6) is 5.75 Å². The van der Waals surface area contributed by atoms with Gasteiger partial charge in [0.15, 0.2) is 0 Å². The summed E-state index contributed by atoms with van der Waals surface area (Å²) in [5.41, 5.74) is 1.00. The maximum Gasteiger partial charge on any atom is 0.234 e. The molecule has 1 amide bonds. The second-order valence-corrected chi connectivity index (χ2v) is 4.32. The first-order valence-electron chi connectivity index (χ1n) is 6.23. The van der Waals surface area contributed by atoms with Crippen LogP contribution in [-0.4, -0.2) is 39.8 Å². The van der Waals surface area contributed by atoms with Crippen LogP contribution in [-0.2, 0) is 9.53 Å². The van der Waals surface area contributed by atoms with E-state index >= 15 is 0 Å². The summed E-state index contributed by atoms with van der Waals surface area (Å²) in [6.45, 7) is 2.22. The van der Waals surface area contributed by atoms with Crippen molar-refractivity contribution in [2.24, 2.45) is 0 Å². The van der Waals surface area contributed by atoms with E-state index in [4.69, 9.17) is 9.47 Å². The van der Waals surface area contributed by atoms with E-state index in [1.807, 2.05) is 31.2 Å². The quantitative estimate of drug-likeness (QED) is 0.802. The van der Waals surface area contributed by atoms with Crippen LogP contribution >= 0.6 is 12.4 Å². The molecular weight excluding hydrogens is 280 g/mol. The predicted molar refractivity (Wildman–Crippen MR) is 81.5 cm³/mol. The molecule has 1 rings (SSSR count). The van der Waals surface area contributed by atoms with Gasteiger partial charge in [-0.15, -0.1) is 12.4 Å². The molecule has 0 saturated carbocycles. The third-order valence-corrected chi connectivity index (χ3v) is 2.88. The summed E-state index contributed by atoms with van der Waals surface area (Å²) in [4.78, 5) is 11.6. The van der Waals surface area contributed by atoms with Crippen molar-refractivity contribution in [3.8, 4) is 5.75 Å². The van der Waals surface area contributed by atoms with Crippen LogP contribution in [0.1, 0.15) is 18.6 Å². The van der Waals surface area contributed by atoms with Crippen LogP contribution in [0.15, 0.2) is 24.3 Å². The first-order chi connectivity index (χ1) is 9.12. The van der Waals surface area contributed by atoms with Crippen LogP contribution in [0, 0.1) is 0 Å². The zero-order chi connectivity index (χ0) is 14.3. The molecule has 0 aliphatic carbocycles. The number of halogens is 1. The Morgan fingerprint density at radius 1 is 1.25 bits per heavy atom. The molecule has 0 spiro atoms. The Hall–Kier alpha value is -1.30. The van der Waals surface area contributed by atoms with Gasteiger partial charge in [-0.3, -0.25) is 4.79 Å². The normalized spacial score (nSPS) is 13.0. The van der Waals surface area contributed by atoms with Crippen LogP contribution < -0.4 is 15.4 Å². The molecule has 6 heteroatoms. The molecule has 2 unspecified atom stereocenters. The molecular formula is C14H23ClN2O3. The lowest BCUT2D eigenvalue weighted by atomic mass is 10.0. The highest BCUT2D eigenvalue weighted by molar-refractivity contribution is 5.85. The number of carbonyl (C=O) groups is 1. The average molecular weight is 303 g/mol. The fourth-order valence-electron chi connectivity index (χ4n) is 1.96. The van der Waals surface area contributed by atoms with Crippen molar-refractivity contribution in [2.45, 2.75) is 19.1 Å². The Kier molecular flexibility index (Phi) is 8.96. The summed E-state index contributed by atoms with van der Waals surface area (Å²) in [5, 5.41) is 5.72. The van der Waals surface area contributed by atoms with Crippen molar-refractivity contribution in [3.05, 3.63) is 29.8 Å². The van der Waals surface area contributed by atoms with Gasteiger partial charge >= 0.3 is 0 Å². The van der Waals surface area contributed by atoms with Gasteiger partial charge in [-0.05, 0) is 31.7 Å². The van der Waals surface area contributed by atoms with Gasteiger partial charge in [-0.25, -0.2) is 0 Å². The van der Waals surface area contributed by atoms with Gasteiger partial charge in [0.05, 0.1) is 19.7 Å². The highest BCUT2D eigenvalue weighted by atomic mass is 35.5. The molecule has 2 N–H and O–H groups in total. The van der Waals surface area contributed by atoms with E-state index in [1.165, 1.54) is 0 Å². The molecule has 1 aromatic rings. The summed E-state index contributed by atoms with van der Waals surface area (Å²) in [6.07, 6.45) is -0.188. The van der Waals surface area contributed by atoms with Crippen molar-refractivity contribution in [2.75, 3.05) is 27.8 Å². The zero-order valence-electron chi connectivity index (χ0n) is 12.3. The van der Waals surface area contributed by atoms with Gasteiger partial charge in [0.1, 0.15) is 11.9 Å². The van der Waals surface area contributed by atoms with E-state index in [1.54, 1.807) is 21.3 Å². The fraction of sp³-hybridized carbons (Fsp3) is 0.500. The molecule has 2 atom stereocenters. The highest BCUT2D eigenvalue weighted by Gasteiger charge is 2.20. The smallest absolute Gasteiger partial charge is 0.234 e. The molecule has 5 nitrogen and oxygen atoms in total. The van der Waals surface area contributed by atoms with E-state index < -0.39 is 0 Å². The number of amides is 1. The molecule has 20 heavy (non-hydrogen) atoms. The lowest BCUT2D eigenvalue weighted by Gasteiger charge is -2.24. The zero-order valence-corrected chi connectivity index (χ0v) is 13.1. The molecule has 114 valence electrons.